The molecule has 0 N–H and O–H groups in total. The van der Waals surface area contributed by atoms with E-state index in [4.69, 9.17) is 0 Å². The number of hydrogen-bond acceptors (Lipinski definition) is 2. The fraction of sp³-hybridized carbons (Fsp3) is 0.517. The number of carbonyl (C=O) groups excluding carboxylic acids is 2. The second-order valence-corrected chi connectivity index (χ2v) is 11.0. The lowest BCUT2D eigenvalue weighted by Gasteiger charge is -2.34. The number of likely N-dealkylation sites (tertiary alicyclic amines) is 1. The van der Waals surface area contributed by atoms with Crippen LogP contribution in [0.15, 0.2) is 54.6 Å². The van der Waals surface area contributed by atoms with E-state index < -0.39 is 0 Å². The Bertz CT molecular complexity index is 955. The highest BCUT2D eigenvalue weighted by Crippen LogP contribution is 2.39. The second kappa shape index (κ2) is 10.1. The van der Waals surface area contributed by atoms with E-state index in [0.29, 0.717) is 24.7 Å². The van der Waals surface area contributed by atoms with Crippen molar-refractivity contribution in [1.82, 2.24) is 4.90 Å². The van der Waals surface area contributed by atoms with Gasteiger partial charge in [-0.2, -0.15) is 0 Å². The molecule has 4 nitrogen and oxygen atoms in total. The SMILES string of the molecule is CC(C)(C)CC(=O)N1CCC(CC(=O)N2CCCC(c3ccccc3)c3ccccc32)CC1. The van der Waals surface area contributed by atoms with Gasteiger partial charge in [0.05, 0.1) is 0 Å². The third-order valence-corrected chi connectivity index (χ3v) is 7.09. The molecule has 1 atom stereocenters. The topological polar surface area (TPSA) is 40.6 Å². The van der Waals surface area contributed by atoms with E-state index in [0.717, 1.165) is 51.0 Å². The molecule has 0 radical (unpaired) electrons. The van der Waals surface area contributed by atoms with Crippen LogP contribution in [0.1, 0.15) is 76.3 Å². The van der Waals surface area contributed by atoms with Crippen molar-refractivity contribution in [1.29, 1.82) is 0 Å². The second-order valence-electron chi connectivity index (χ2n) is 11.0. The zero-order chi connectivity index (χ0) is 23.4. The van der Waals surface area contributed by atoms with Crippen molar-refractivity contribution in [2.24, 2.45) is 11.3 Å². The number of carbonyl (C=O) groups is 2. The number of amides is 2. The van der Waals surface area contributed by atoms with E-state index >= 15 is 0 Å². The molecule has 2 aromatic rings. The highest BCUT2D eigenvalue weighted by Gasteiger charge is 2.31. The van der Waals surface area contributed by atoms with Crippen LogP contribution < -0.4 is 4.90 Å². The van der Waals surface area contributed by atoms with Crippen LogP contribution in [-0.2, 0) is 9.59 Å². The molecule has 2 amide bonds. The molecular weight excluding hydrogens is 408 g/mol. The highest BCUT2D eigenvalue weighted by atomic mass is 16.2. The van der Waals surface area contributed by atoms with Crippen molar-refractivity contribution >= 4 is 17.5 Å². The molecular formula is C29H38N2O2. The van der Waals surface area contributed by atoms with E-state index in [1.54, 1.807) is 0 Å². The number of rotatable bonds is 4. The summed E-state index contributed by atoms with van der Waals surface area (Å²) in [6.07, 6.45) is 5.06. The van der Waals surface area contributed by atoms with Gasteiger partial charge in [0.1, 0.15) is 0 Å². The maximum absolute atomic E-state index is 13.5. The third kappa shape index (κ3) is 5.85. The third-order valence-electron chi connectivity index (χ3n) is 7.09. The Morgan fingerprint density at radius 2 is 1.52 bits per heavy atom. The molecule has 33 heavy (non-hydrogen) atoms. The first-order valence-electron chi connectivity index (χ1n) is 12.5. The number of benzene rings is 2. The number of para-hydroxylation sites is 1. The van der Waals surface area contributed by atoms with Gasteiger partial charge in [-0.05, 0) is 54.2 Å². The number of piperidine rings is 1. The van der Waals surface area contributed by atoms with Gasteiger partial charge in [-0.1, -0.05) is 69.3 Å². The summed E-state index contributed by atoms with van der Waals surface area (Å²) < 4.78 is 0. The van der Waals surface area contributed by atoms with Crippen LogP contribution in [0.5, 0.6) is 0 Å². The quantitative estimate of drug-likeness (QED) is 0.577. The van der Waals surface area contributed by atoms with Crippen LogP contribution in [0.4, 0.5) is 5.69 Å². The number of anilines is 1. The Hall–Kier alpha value is -2.62. The average molecular weight is 447 g/mol. The lowest BCUT2D eigenvalue weighted by Crippen LogP contribution is -2.41. The molecule has 0 aliphatic carbocycles. The smallest absolute Gasteiger partial charge is 0.227 e. The monoisotopic (exact) mass is 446 g/mol. The van der Waals surface area contributed by atoms with Crippen LogP contribution in [0.2, 0.25) is 0 Å². The molecule has 1 fully saturated rings. The fourth-order valence-corrected chi connectivity index (χ4v) is 5.36. The van der Waals surface area contributed by atoms with E-state index in [2.05, 4.69) is 69.3 Å². The van der Waals surface area contributed by atoms with Crippen molar-refractivity contribution in [3.63, 3.8) is 0 Å². The van der Waals surface area contributed by atoms with Crippen molar-refractivity contribution in [2.75, 3.05) is 24.5 Å². The first-order valence-corrected chi connectivity index (χ1v) is 12.5. The summed E-state index contributed by atoms with van der Waals surface area (Å²) >= 11 is 0. The van der Waals surface area contributed by atoms with Gasteiger partial charge in [-0.3, -0.25) is 9.59 Å². The summed E-state index contributed by atoms with van der Waals surface area (Å²) in [4.78, 5) is 30.1. The molecule has 0 spiro atoms. The van der Waals surface area contributed by atoms with E-state index in [1.807, 2.05) is 15.9 Å². The molecule has 0 bridgehead atoms. The van der Waals surface area contributed by atoms with Crippen LogP contribution in [-0.4, -0.2) is 36.3 Å². The summed E-state index contributed by atoms with van der Waals surface area (Å²) in [5.74, 6) is 1.17. The van der Waals surface area contributed by atoms with Crippen molar-refractivity contribution in [2.45, 2.75) is 65.2 Å². The van der Waals surface area contributed by atoms with Gasteiger partial charge in [-0.25, -0.2) is 0 Å². The first kappa shape index (κ1) is 23.5. The zero-order valence-corrected chi connectivity index (χ0v) is 20.4. The highest BCUT2D eigenvalue weighted by molar-refractivity contribution is 5.94. The van der Waals surface area contributed by atoms with Crippen molar-refractivity contribution in [3.05, 3.63) is 65.7 Å². The van der Waals surface area contributed by atoms with E-state index in [1.165, 1.54) is 11.1 Å². The molecule has 176 valence electrons. The van der Waals surface area contributed by atoms with Gasteiger partial charge in [0, 0.05) is 44.1 Å². The van der Waals surface area contributed by atoms with Crippen molar-refractivity contribution in [3.8, 4) is 0 Å². The van der Waals surface area contributed by atoms with Gasteiger partial charge in [-0.15, -0.1) is 0 Å². The zero-order valence-electron chi connectivity index (χ0n) is 20.4. The molecule has 2 aliphatic heterocycles. The molecule has 2 aliphatic rings. The minimum absolute atomic E-state index is 0.0155. The van der Waals surface area contributed by atoms with Gasteiger partial charge < -0.3 is 9.80 Å². The Kier molecular flexibility index (Phi) is 7.21. The molecule has 1 unspecified atom stereocenters. The van der Waals surface area contributed by atoms with Crippen LogP contribution in [0, 0.1) is 11.3 Å². The lowest BCUT2D eigenvalue weighted by molar-refractivity contribution is -0.134. The number of fused-ring (bicyclic) bond motifs is 1. The van der Waals surface area contributed by atoms with Crippen molar-refractivity contribution < 1.29 is 9.59 Å². The standard InChI is InChI=1S/C29H38N2O2/c1-29(2,3)21-28(33)30-18-15-22(16-19-30)20-27(32)31-17-9-13-24(23-10-5-4-6-11-23)25-12-7-8-14-26(25)31/h4-8,10-12,14,22,24H,9,13,15-21H2,1-3H3. The predicted molar refractivity (Wildman–Crippen MR) is 134 cm³/mol. The summed E-state index contributed by atoms with van der Waals surface area (Å²) in [6.45, 7) is 8.66. The largest absolute Gasteiger partial charge is 0.343 e. The number of nitrogens with zero attached hydrogens (tertiary/aromatic N) is 2. The maximum Gasteiger partial charge on any atom is 0.227 e. The molecule has 4 heteroatoms. The first-order chi connectivity index (χ1) is 15.8. The van der Waals surface area contributed by atoms with Gasteiger partial charge in [0.25, 0.3) is 0 Å². The maximum atomic E-state index is 13.5. The minimum atomic E-state index is 0.0155. The van der Waals surface area contributed by atoms with Gasteiger partial charge in [0.15, 0.2) is 0 Å². The lowest BCUT2D eigenvalue weighted by atomic mass is 9.87. The molecule has 0 aromatic heterocycles. The van der Waals surface area contributed by atoms with Crippen LogP contribution in [0.25, 0.3) is 0 Å². The Morgan fingerprint density at radius 1 is 0.848 bits per heavy atom. The molecule has 0 saturated carbocycles. The summed E-state index contributed by atoms with van der Waals surface area (Å²) in [6, 6.07) is 19.1. The summed E-state index contributed by atoms with van der Waals surface area (Å²) in [7, 11) is 0. The Balaban J connectivity index is 1.42. The molecule has 2 aromatic carbocycles. The normalized spacial score (nSPS) is 19.7. The molecule has 4 rings (SSSR count). The average Bonchev–Trinajstić information content (AvgIpc) is 2.99. The molecule has 1 saturated heterocycles. The Morgan fingerprint density at radius 3 is 2.21 bits per heavy atom. The van der Waals surface area contributed by atoms with Crippen LogP contribution >= 0.6 is 0 Å². The van der Waals surface area contributed by atoms with Gasteiger partial charge in [0.2, 0.25) is 11.8 Å². The van der Waals surface area contributed by atoms with E-state index in [9.17, 15) is 9.59 Å². The van der Waals surface area contributed by atoms with Crippen LogP contribution in [0.3, 0.4) is 0 Å². The summed E-state index contributed by atoms with van der Waals surface area (Å²) in [5.41, 5.74) is 3.68. The minimum Gasteiger partial charge on any atom is -0.343 e. The Labute approximate surface area is 199 Å². The predicted octanol–water partition coefficient (Wildman–Crippen LogP) is 6.01. The number of hydrogen-bond donors (Lipinski definition) is 0. The van der Waals surface area contributed by atoms with Gasteiger partial charge >= 0.3 is 0 Å². The summed E-state index contributed by atoms with van der Waals surface area (Å²) in [5, 5.41) is 0. The molecule has 2 heterocycles. The van der Waals surface area contributed by atoms with E-state index in [-0.39, 0.29) is 17.2 Å². The fourth-order valence-electron chi connectivity index (χ4n) is 5.36.